The molecule has 1 saturated carbocycles. The predicted molar refractivity (Wildman–Crippen MR) is 71.6 cm³/mol. The molecule has 0 amide bonds. The van der Waals surface area contributed by atoms with Crippen molar-refractivity contribution in [2.75, 3.05) is 0 Å². The van der Waals surface area contributed by atoms with Gasteiger partial charge in [-0.15, -0.1) is 0 Å². The number of benzene rings is 2. The van der Waals surface area contributed by atoms with Crippen molar-refractivity contribution in [2.45, 2.75) is 25.4 Å². The molecule has 0 aromatic heterocycles. The van der Waals surface area contributed by atoms with Gasteiger partial charge in [0.15, 0.2) is 0 Å². The first-order chi connectivity index (χ1) is 10.0. The van der Waals surface area contributed by atoms with E-state index in [-0.39, 0.29) is 5.56 Å². The molecule has 1 aliphatic carbocycles. The molecule has 0 spiro atoms. The molecular weight excluding hydrogens is 282 g/mol. The van der Waals surface area contributed by atoms with E-state index in [1.54, 1.807) is 0 Å². The summed E-state index contributed by atoms with van der Waals surface area (Å²) in [6.07, 6.45) is 2.13. The molecule has 1 aliphatic rings. The van der Waals surface area contributed by atoms with E-state index in [1.807, 2.05) is 0 Å². The molecule has 0 unspecified atom stereocenters. The van der Waals surface area contributed by atoms with Crippen LogP contribution < -0.4 is 5.32 Å². The van der Waals surface area contributed by atoms with Crippen LogP contribution in [0, 0.1) is 23.3 Å². The van der Waals surface area contributed by atoms with Crippen molar-refractivity contribution in [1.29, 1.82) is 0 Å². The number of halogens is 4. The van der Waals surface area contributed by atoms with Crippen LogP contribution in [0.1, 0.15) is 18.4 Å². The Morgan fingerprint density at radius 2 is 1.57 bits per heavy atom. The van der Waals surface area contributed by atoms with Crippen LogP contribution in [0.25, 0.3) is 11.1 Å². The van der Waals surface area contributed by atoms with E-state index < -0.39 is 28.8 Å². The number of hydrogen-bond donors (Lipinski definition) is 1. The number of rotatable bonds is 4. The monoisotopic (exact) mass is 295 g/mol. The van der Waals surface area contributed by atoms with Gasteiger partial charge in [-0.25, -0.2) is 17.6 Å². The van der Waals surface area contributed by atoms with Gasteiger partial charge in [-0.3, -0.25) is 0 Å². The topological polar surface area (TPSA) is 12.0 Å². The second-order valence-corrected chi connectivity index (χ2v) is 5.20. The van der Waals surface area contributed by atoms with E-state index >= 15 is 0 Å². The summed E-state index contributed by atoms with van der Waals surface area (Å²) in [5.74, 6) is -3.66. The maximum Gasteiger partial charge on any atom is 0.136 e. The second kappa shape index (κ2) is 5.48. The Morgan fingerprint density at radius 1 is 0.905 bits per heavy atom. The van der Waals surface area contributed by atoms with Crippen molar-refractivity contribution in [1.82, 2.24) is 5.32 Å². The van der Waals surface area contributed by atoms with Gasteiger partial charge in [0.1, 0.15) is 23.3 Å². The van der Waals surface area contributed by atoms with Gasteiger partial charge in [0.05, 0.1) is 5.56 Å². The molecule has 1 fully saturated rings. The summed E-state index contributed by atoms with van der Waals surface area (Å²) in [4.78, 5) is 0. The minimum absolute atomic E-state index is 0.109. The molecule has 0 bridgehead atoms. The largest absolute Gasteiger partial charge is 0.310 e. The van der Waals surface area contributed by atoms with Gasteiger partial charge >= 0.3 is 0 Å². The summed E-state index contributed by atoms with van der Waals surface area (Å²) in [6.45, 7) is 0.385. The highest BCUT2D eigenvalue weighted by molar-refractivity contribution is 5.68. The van der Waals surface area contributed by atoms with Crippen molar-refractivity contribution < 1.29 is 17.6 Å². The lowest BCUT2D eigenvalue weighted by Gasteiger charge is -2.12. The molecule has 0 radical (unpaired) electrons. The van der Waals surface area contributed by atoms with E-state index in [0.29, 0.717) is 30.3 Å². The SMILES string of the molecule is Fc1cc(F)c(-c2cc(F)ccc2CNC2CC2)c(F)c1. The molecular formula is C16H13F4N. The van der Waals surface area contributed by atoms with Gasteiger partial charge in [0, 0.05) is 24.7 Å². The molecule has 110 valence electrons. The van der Waals surface area contributed by atoms with Crippen molar-refractivity contribution in [3.05, 3.63) is 59.2 Å². The molecule has 2 aromatic rings. The fourth-order valence-corrected chi connectivity index (χ4v) is 2.28. The minimum Gasteiger partial charge on any atom is -0.310 e. The van der Waals surface area contributed by atoms with E-state index in [4.69, 9.17) is 0 Å². The standard InChI is InChI=1S/C16H13F4N/c17-10-2-1-9(8-21-12-3-4-12)13(5-10)16-14(19)6-11(18)7-15(16)20/h1-2,5-7,12,21H,3-4,8H2. The summed E-state index contributed by atoms with van der Waals surface area (Å²) in [7, 11) is 0. The normalized spacial score (nSPS) is 14.5. The summed E-state index contributed by atoms with van der Waals surface area (Å²) >= 11 is 0. The van der Waals surface area contributed by atoms with E-state index in [1.165, 1.54) is 12.1 Å². The van der Waals surface area contributed by atoms with Gasteiger partial charge in [-0.2, -0.15) is 0 Å². The Bertz CT molecular complexity index is 657. The highest BCUT2D eigenvalue weighted by Gasteiger charge is 2.22. The van der Waals surface area contributed by atoms with Gasteiger partial charge in [-0.05, 0) is 36.1 Å². The maximum atomic E-state index is 13.9. The summed E-state index contributed by atoms with van der Waals surface area (Å²) in [5.41, 5.74) is 0.286. The predicted octanol–water partition coefficient (Wildman–Crippen LogP) is 4.16. The molecule has 0 atom stereocenters. The zero-order chi connectivity index (χ0) is 15.0. The van der Waals surface area contributed by atoms with Crippen molar-refractivity contribution >= 4 is 0 Å². The van der Waals surface area contributed by atoms with E-state index in [2.05, 4.69) is 5.32 Å². The van der Waals surface area contributed by atoms with Crippen molar-refractivity contribution in [2.24, 2.45) is 0 Å². The lowest BCUT2D eigenvalue weighted by Crippen LogP contribution is -2.16. The van der Waals surface area contributed by atoms with Crippen molar-refractivity contribution in [3.63, 3.8) is 0 Å². The summed E-state index contributed by atoms with van der Waals surface area (Å²) < 4.78 is 54.2. The number of hydrogen-bond acceptors (Lipinski definition) is 1. The first-order valence-corrected chi connectivity index (χ1v) is 6.71. The van der Waals surface area contributed by atoms with Crippen LogP contribution in [0.15, 0.2) is 30.3 Å². The quantitative estimate of drug-likeness (QED) is 0.835. The zero-order valence-electron chi connectivity index (χ0n) is 11.1. The number of nitrogens with one attached hydrogen (secondary N) is 1. The van der Waals surface area contributed by atoms with Crippen molar-refractivity contribution in [3.8, 4) is 11.1 Å². The van der Waals surface area contributed by atoms with Crippen LogP contribution in [0.3, 0.4) is 0 Å². The van der Waals surface area contributed by atoms with Crippen LogP contribution in [-0.2, 0) is 6.54 Å². The van der Waals surface area contributed by atoms with Crippen LogP contribution in [0.4, 0.5) is 17.6 Å². The van der Waals surface area contributed by atoms with Gasteiger partial charge in [0.25, 0.3) is 0 Å². The average molecular weight is 295 g/mol. The van der Waals surface area contributed by atoms with Crippen LogP contribution in [0.5, 0.6) is 0 Å². The molecule has 3 rings (SSSR count). The van der Waals surface area contributed by atoms with E-state index in [0.717, 1.165) is 18.9 Å². The third-order valence-electron chi connectivity index (χ3n) is 3.51. The van der Waals surface area contributed by atoms with Crippen LogP contribution in [-0.4, -0.2) is 6.04 Å². The highest BCUT2D eigenvalue weighted by atomic mass is 19.1. The lowest BCUT2D eigenvalue weighted by atomic mass is 9.98. The third kappa shape index (κ3) is 3.08. The van der Waals surface area contributed by atoms with Gasteiger partial charge in [0.2, 0.25) is 0 Å². The highest BCUT2D eigenvalue weighted by Crippen LogP contribution is 2.31. The second-order valence-electron chi connectivity index (χ2n) is 5.20. The molecule has 2 aromatic carbocycles. The Kier molecular flexibility index (Phi) is 3.68. The first kappa shape index (κ1) is 14.1. The average Bonchev–Trinajstić information content (AvgIpc) is 3.20. The molecule has 21 heavy (non-hydrogen) atoms. The lowest BCUT2D eigenvalue weighted by molar-refractivity contribution is 0.547. The molecule has 1 nitrogen and oxygen atoms in total. The summed E-state index contributed by atoms with van der Waals surface area (Å²) in [6, 6.07) is 5.41. The van der Waals surface area contributed by atoms with Crippen LogP contribution >= 0.6 is 0 Å². The zero-order valence-corrected chi connectivity index (χ0v) is 11.1. The first-order valence-electron chi connectivity index (χ1n) is 6.71. The Morgan fingerprint density at radius 3 is 2.19 bits per heavy atom. The Labute approximate surface area is 119 Å². The molecule has 0 saturated heterocycles. The molecule has 0 aliphatic heterocycles. The Hall–Kier alpha value is -1.88. The Balaban J connectivity index is 2.05. The maximum absolute atomic E-state index is 13.9. The fraction of sp³-hybridized carbons (Fsp3) is 0.250. The smallest absolute Gasteiger partial charge is 0.136 e. The third-order valence-corrected chi connectivity index (χ3v) is 3.51. The van der Waals surface area contributed by atoms with Crippen LogP contribution in [0.2, 0.25) is 0 Å². The van der Waals surface area contributed by atoms with Gasteiger partial charge in [-0.1, -0.05) is 6.07 Å². The molecule has 5 heteroatoms. The van der Waals surface area contributed by atoms with E-state index in [9.17, 15) is 17.6 Å². The summed E-state index contributed by atoms with van der Waals surface area (Å²) in [5, 5.41) is 3.21. The molecule has 1 N–H and O–H groups in total. The fourth-order valence-electron chi connectivity index (χ4n) is 2.28. The molecule has 0 heterocycles. The van der Waals surface area contributed by atoms with Gasteiger partial charge < -0.3 is 5.32 Å². The minimum atomic E-state index is -1.04.